The van der Waals surface area contributed by atoms with Crippen molar-refractivity contribution in [3.8, 4) is 11.4 Å². The Hall–Kier alpha value is -1.92. The number of H-pyrrole nitrogens is 1. The molecule has 1 aromatic heterocycles. The van der Waals surface area contributed by atoms with E-state index < -0.39 is 0 Å². The van der Waals surface area contributed by atoms with Crippen LogP contribution in [0.15, 0.2) is 24.3 Å². The minimum atomic E-state index is 0. The molecule has 1 fully saturated rings. The van der Waals surface area contributed by atoms with Gasteiger partial charge in [0.2, 0.25) is 5.91 Å². The van der Waals surface area contributed by atoms with Crippen LogP contribution in [0.25, 0.3) is 11.4 Å². The van der Waals surface area contributed by atoms with Crippen LogP contribution in [0.3, 0.4) is 0 Å². The number of hydrogen-bond acceptors (Lipinski definition) is 4. The molecule has 6 nitrogen and oxygen atoms in total. The van der Waals surface area contributed by atoms with Crippen molar-refractivity contribution < 1.29 is 4.79 Å². The van der Waals surface area contributed by atoms with Crippen LogP contribution in [0.1, 0.15) is 31.5 Å². The van der Waals surface area contributed by atoms with E-state index in [1.807, 2.05) is 31.2 Å². The predicted octanol–water partition coefficient (Wildman–Crippen LogP) is 2.66. The van der Waals surface area contributed by atoms with E-state index in [4.69, 9.17) is 5.73 Å². The molecule has 0 saturated heterocycles. The lowest BCUT2D eigenvalue weighted by molar-refractivity contribution is -0.120. The van der Waals surface area contributed by atoms with Crippen LogP contribution >= 0.6 is 12.4 Å². The number of aromatic nitrogens is 3. The number of nitrogens with two attached hydrogens (primary N) is 1. The fraction of sp³-hybridized carbons (Fsp3) is 0.438. The molecule has 0 aliphatic heterocycles. The summed E-state index contributed by atoms with van der Waals surface area (Å²) in [7, 11) is 0. The molecular weight excluding hydrogens is 314 g/mol. The van der Waals surface area contributed by atoms with E-state index >= 15 is 0 Å². The molecule has 0 radical (unpaired) electrons. The molecule has 1 aliphatic carbocycles. The van der Waals surface area contributed by atoms with E-state index in [9.17, 15) is 4.79 Å². The van der Waals surface area contributed by atoms with E-state index in [0.29, 0.717) is 5.82 Å². The van der Waals surface area contributed by atoms with Gasteiger partial charge in [0.1, 0.15) is 5.82 Å². The van der Waals surface area contributed by atoms with Crippen molar-refractivity contribution >= 4 is 24.0 Å². The number of amides is 1. The van der Waals surface area contributed by atoms with Gasteiger partial charge in [-0.25, -0.2) is 4.98 Å². The van der Waals surface area contributed by atoms with Crippen LogP contribution in [0.4, 0.5) is 5.69 Å². The van der Waals surface area contributed by atoms with E-state index in [2.05, 4.69) is 20.5 Å². The molecule has 1 saturated carbocycles. The van der Waals surface area contributed by atoms with Crippen molar-refractivity contribution in [2.75, 3.05) is 5.32 Å². The standard InChI is InChI=1S/C16H21N5O.ClH/c1-10-18-15(21-20-10)11-5-7-14(8-6-11)19-16(22)12-3-2-4-13(17)9-12;/h5-8,12-13H,2-4,9,17H2,1H3,(H,19,22)(H,18,20,21);1H. The molecule has 4 N–H and O–H groups in total. The highest BCUT2D eigenvalue weighted by Crippen LogP contribution is 2.25. The summed E-state index contributed by atoms with van der Waals surface area (Å²) in [5.74, 6) is 1.53. The quantitative estimate of drug-likeness (QED) is 0.803. The normalized spacial score (nSPS) is 20.6. The smallest absolute Gasteiger partial charge is 0.227 e. The van der Waals surface area contributed by atoms with Crippen molar-refractivity contribution in [2.45, 2.75) is 38.6 Å². The van der Waals surface area contributed by atoms with E-state index in [1.54, 1.807) is 0 Å². The Morgan fingerprint density at radius 3 is 2.65 bits per heavy atom. The van der Waals surface area contributed by atoms with Crippen molar-refractivity contribution in [3.63, 3.8) is 0 Å². The molecule has 2 unspecified atom stereocenters. The topological polar surface area (TPSA) is 96.7 Å². The van der Waals surface area contributed by atoms with Gasteiger partial charge in [0.15, 0.2) is 5.82 Å². The molecule has 2 aromatic rings. The maximum atomic E-state index is 12.3. The van der Waals surface area contributed by atoms with E-state index in [0.717, 1.165) is 42.8 Å². The third-order valence-electron chi connectivity index (χ3n) is 4.09. The highest BCUT2D eigenvalue weighted by Gasteiger charge is 2.25. The number of carbonyl (C=O) groups excluding carboxylic acids is 1. The highest BCUT2D eigenvalue weighted by atomic mass is 35.5. The summed E-state index contributed by atoms with van der Waals surface area (Å²) >= 11 is 0. The predicted molar refractivity (Wildman–Crippen MR) is 92.4 cm³/mol. The Balaban J connectivity index is 0.00000192. The summed E-state index contributed by atoms with van der Waals surface area (Å²) in [6.45, 7) is 1.86. The first-order valence-electron chi connectivity index (χ1n) is 7.67. The number of rotatable bonds is 3. The zero-order valence-electron chi connectivity index (χ0n) is 13.1. The lowest BCUT2D eigenvalue weighted by Crippen LogP contribution is -2.34. The molecule has 2 atom stereocenters. The van der Waals surface area contributed by atoms with Gasteiger partial charge in [-0.05, 0) is 50.5 Å². The summed E-state index contributed by atoms with van der Waals surface area (Å²) in [5, 5.41) is 9.91. The molecule has 1 aromatic carbocycles. The molecule has 7 heteroatoms. The van der Waals surface area contributed by atoms with Gasteiger partial charge in [-0.1, -0.05) is 6.42 Å². The van der Waals surface area contributed by atoms with Gasteiger partial charge in [-0.2, -0.15) is 5.10 Å². The number of aromatic amines is 1. The maximum absolute atomic E-state index is 12.3. The zero-order valence-corrected chi connectivity index (χ0v) is 13.9. The van der Waals surface area contributed by atoms with Gasteiger partial charge in [-0.3, -0.25) is 9.89 Å². The van der Waals surface area contributed by atoms with Crippen LogP contribution in [0.2, 0.25) is 0 Å². The summed E-state index contributed by atoms with van der Waals surface area (Å²) in [5.41, 5.74) is 7.66. The van der Waals surface area contributed by atoms with Gasteiger partial charge < -0.3 is 11.1 Å². The second-order valence-corrected chi connectivity index (χ2v) is 5.93. The molecule has 1 amide bonds. The third-order valence-corrected chi connectivity index (χ3v) is 4.09. The van der Waals surface area contributed by atoms with Crippen LogP contribution in [0.5, 0.6) is 0 Å². The Morgan fingerprint density at radius 1 is 1.30 bits per heavy atom. The largest absolute Gasteiger partial charge is 0.328 e. The molecule has 1 heterocycles. The number of hydrogen-bond donors (Lipinski definition) is 3. The first-order chi connectivity index (χ1) is 10.6. The van der Waals surface area contributed by atoms with Crippen LogP contribution < -0.4 is 11.1 Å². The molecule has 0 bridgehead atoms. The van der Waals surface area contributed by atoms with Crippen molar-refractivity contribution in [3.05, 3.63) is 30.1 Å². The van der Waals surface area contributed by atoms with Crippen molar-refractivity contribution in [1.29, 1.82) is 0 Å². The summed E-state index contributed by atoms with van der Waals surface area (Å²) < 4.78 is 0. The average Bonchev–Trinajstić information content (AvgIpc) is 2.94. The number of nitrogens with one attached hydrogen (secondary N) is 2. The third kappa shape index (κ3) is 4.30. The minimum absolute atomic E-state index is 0. The summed E-state index contributed by atoms with van der Waals surface area (Å²) in [4.78, 5) is 16.6. The number of benzene rings is 1. The summed E-state index contributed by atoms with van der Waals surface area (Å²) in [6.07, 6.45) is 3.76. The van der Waals surface area contributed by atoms with Gasteiger partial charge in [0.25, 0.3) is 0 Å². The monoisotopic (exact) mass is 335 g/mol. The lowest BCUT2D eigenvalue weighted by Gasteiger charge is -2.25. The molecule has 0 spiro atoms. The maximum Gasteiger partial charge on any atom is 0.227 e. The lowest BCUT2D eigenvalue weighted by atomic mass is 9.85. The fourth-order valence-electron chi connectivity index (χ4n) is 2.88. The number of anilines is 1. The van der Waals surface area contributed by atoms with Gasteiger partial charge in [0, 0.05) is 23.2 Å². The molecule has 124 valence electrons. The number of halogens is 1. The van der Waals surface area contributed by atoms with Gasteiger partial charge >= 0.3 is 0 Å². The first-order valence-corrected chi connectivity index (χ1v) is 7.67. The van der Waals surface area contributed by atoms with Crippen LogP contribution in [-0.4, -0.2) is 27.1 Å². The van der Waals surface area contributed by atoms with Gasteiger partial charge in [-0.15, -0.1) is 12.4 Å². The second-order valence-electron chi connectivity index (χ2n) is 5.93. The second kappa shape index (κ2) is 7.57. The first kappa shape index (κ1) is 17.4. The molecule has 3 rings (SSSR count). The van der Waals surface area contributed by atoms with Crippen LogP contribution in [0, 0.1) is 12.8 Å². The van der Waals surface area contributed by atoms with Crippen molar-refractivity contribution in [1.82, 2.24) is 15.2 Å². The Labute approximate surface area is 141 Å². The molecule has 23 heavy (non-hydrogen) atoms. The number of carbonyl (C=O) groups is 1. The van der Waals surface area contributed by atoms with E-state index in [-0.39, 0.29) is 30.3 Å². The summed E-state index contributed by atoms with van der Waals surface area (Å²) in [6, 6.07) is 7.72. The molecular formula is C16H22ClN5O. The number of aryl methyl sites for hydroxylation is 1. The Kier molecular flexibility index (Phi) is 5.74. The van der Waals surface area contributed by atoms with Gasteiger partial charge in [0.05, 0.1) is 0 Å². The average molecular weight is 336 g/mol. The van der Waals surface area contributed by atoms with Crippen molar-refractivity contribution in [2.24, 2.45) is 11.7 Å². The Morgan fingerprint density at radius 2 is 2.04 bits per heavy atom. The SMILES string of the molecule is Cc1nc(-c2ccc(NC(=O)C3CCCC(N)C3)cc2)n[nH]1.Cl. The van der Waals surface area contributed by atoms with E-state index in [1.165, 1.54) is 0 Å². The minimum Gasteiger partial charge on any atom is -0.328 e. The highest BCUT2D eigenvalue weighted by molar-refractivity contribution is 5.92. The number of nitrogens with zero attached hydrogens (tertiary/aromatic N) is 2. The Bertz CT molecular complexity index is 655. The molecule has 1 aliphatic rings. The zero-order chi connectivity index (χ0) is 15.5. The fourth-order valence-corrected chi connectivity index (χ4v) is 2.88. The van der Waals surface area contributed by atoms with Crippen LogP contribution in [-0.2, 0) is 4.79 Å².